The number of carbonyl (C=O) groups is 1. The van der Waals surface area contributed by atoms with Crippen LogP contribution in [0.5, 0.6) is 0 Å². The van der Waals surface area contributed by atoms with Crippen molar-refractivity contribution in [1.29, 1.82) is 0 Å². The van der Waals surface area contributed by atoms with Crippen LogP contribution in [0.3, 0.4) is 0 Å². The van der Waals surface area contributed by atoms with Crippen molar-refractivity contribution in [2.75, 3.05) is 0 Å². The van der Waals surface area contributed by atoms with Crippen molar-refractivity contribution in [3.05, 3.63) is 40.9 Å². The zero-order valence-electron chi connectivity index (χ0n) is 6.53. The topological polar surface area (TPSA) is 17.1 Å². The monoisotopic (exact) mass is 180 g/mol. The number of halogens is 1. The molecule has 0 aliphatic carbocycles. The Labute approximate surface area is 76.7 Å². The van der Waals surface area contributed by atoms with Crippen molar-refractivity contribution in [3.8, 4) is 0 Å². The van der Waals surface area contributed by atoms with Crippen LogP contribution in [0.1, 0.15) is 12.0 Å². The summed E-state index contributed by atoms with van der Waals surface area (Å²) in [6.45, 7) is 0. The molecule has 0 unspecified atom stereocenters. The summed E-state index contributed by atoms with van der Waals surface area (Å²) < 4.78 is 0. The number of aldehydes is 1. The second kappa shape index (κ2) is 4.73. The van der Waals surface area contributed by atoms with E-state index in [1.165, 1.54) is 0 Å². The first-order valence-corrected chi connectivity index (χ1v) is 4.06. The molecule has 0 N–H and O–H groups in total. The number of allylic oxidation sites excluding steroid dienone is 1. The third-order valence-electron chi connectivity index (χ3n) is 1.41. The van der Waals surface area contributed by atoms with Gasteiger partial charge in [0, 0.05) is 11.4 Å². The second-order valence-corrected chi connectivity index (χ2v) is 2.79. The Balaban J connectivity index is 2.64. The van der Waals surface area contributed by atoms with Crippen molar-refractivity contribution in [2.45, 2.75) is 6.42 Å². The highest BCUT2D eigenvalue weighted by Gasteiger charge is 1.86. The minimum Gasteiger partial charge on any atom is -0.303 e. The molecule has 0 amide bonds. The van der Waals surface area contributed by atoms with E-state index in [2.05, 4.69) is 0 Å². The molecule has 0 aliphatic heterocycles. The SMILES string of the molecule is O=CCC=Cc1ccc(Cl)cc1. The first kappa shape index (κ1) is 9.01. The fourth-order valence-corrected chi connectivity index (χ4v) is 0.960. The van der Waals surface area contributed by atoms with E-state index in [9.17, 15) is 4.79 Å². The van der Waals surface area contributed by atoms with Crippen molar-refractivity contribution in [3.63, 3.8) is 0 Å². The molecule has 0 saturated heterocycles. The maximum absolute atomic E-state index is 9.98. The predicted molar refractivity (Wildman–Crippen MR) is 51.2 cm³/mol. The molecule has 0 aromatic heterocycles. The van der Waals surface area contributed by atoms with Crippen LogP contribution in [0, 0.1) is 0 Å². The van der Waals surface area contributed by atoms with Crippen molar-refractivity contribution in [2.24, 2.45) is 0 Å². The molecule has 0 saturated carbocycles. The van der Waals surface area contributed by atoms with Gasteiger partial charge < -0.3 is 4.79 Å². The molecule has 0 heterocycles. The zero-order valence-corrected chi connectivity index (χ0v) is 7.29. The average Bonchev–Trinajstić information content (AvgIpc) is 2.09. The third-order valence-corrected chi connectivity index (χ3v) is 1.66. The molecule has 62 valence electrons. The van der Waals surface area contributed by atoms with Gasteiger partial charge in [0.1, 0.15) is 6.29 Å². The van der Waals surface area contributed by atoms with Gasteiger partial charge in [-0.2, -0.15) is 0 Å². The minimum absolute atomic E-state index is 0.461. The van der Waals surface area contributed by atoms with Gasteiger partial charge in [0.05, 0.1) is 0 Å². The Morgan fingerprint density at radius 2 is 1.92 bits per heavy atom. The molecule has 1 rings (SSSR count). The Bertz CT molecular complexity index is 274. The Hall–Kier alpha value is -1.08. The van der Waals surface area contributed by atoms with Gasteiger partial charge in [-0.3, -0.25) is 0 Å². The minimum atomic E-state index is 0.461. The summed E-state index contributed by atoms with van der Waals surface area (Å²) in [6.07, 6.45) is 5.04. The van der Waals surface area contributed by atoms with Gasteiger partial charge in [-0.15, -0.1) is 0 Å². The van der Waals surface area contributed by atoms with Crippen LogP contribution in [-0.4, -0.2) is 6.29 Å². The lowest BCUT2D eigenvalue weighted by Gasteiger charge is -1.91. The van der Waals surface area contributed by atoms with Gasteiger partial charge in [-0.05, 0) is 17.7 Å². The number of benzene rings is 1. The fourth-order valence-electron chi connectivity index (χ4n) is 0.834. The quantitative estimate of drug-likeness (QED) is 0.654. The summed E-state index contributed by atoms with van der Waals surface area (Å²) in [6, 6.07) is 7.46. The molecule has 0 radical (unpaired) electrons. The summed E-state index contributed by atoms with van der Waals surface area (Å²) in [5.74, 6) is 0. The summed E-state index contributed by atoms with van der Waals surface area (Å²) in [4.78, 5) is 9.98. The lowest BCUT2D eigenvalue weighted by molar-refractivity contribution is -0.107. The summed E-state index contributed by atoms with van der Waals surface area (Å²) >= 11 is 5.69. The Kier molecular flexibility index (Phi) is 3.55. The molecule has 12 heavy (non-hydrogen) atoms. The van der Waals surface area contributed by atoms with E-state index < -0.39 is 0 Å². The maximum Gasteiger partial charge on any atom is 0.123 e. The lowest BCUT2D eigenvalue weighted by Crippen LogP contribution is -1.71. The smallest absolute Gasteiger partial charge is 0.123 e. The van der Waals surface area contributed by atoms with Gasteiger partial charge in [0.25, 0.3) is 0 Å². The van der Waals surface area contributed by atoms with Crippen molar-refractivity contribution in [1.82, 2.24) is 0 Å². The van der Waals surface area contributed by atoms with Gasteiger partial charge >= 0.3 is 0 Å². The van der Waals surface area contributed by atoms with Crippen LogP contribution >= 0.6 is 11.6 Å². The van der Waals surface area contributed by atoms with E-state index in [0.717, 1.165) is 16.9 Å². The molecule has 1 aromatic rings. The molecule has 0 aliphatic rings. The molecule has 0 atom stereocenters. The van der Waals surface area contributed by atoms with E-state index in [1.54, 1.807) is 0 Å². The third kappa shape index (κ3) is 2.89. The van der Waals surface area contributed by atoms with E-state index >= 15 is 0 Å². The van der Waals surface area contributed by atoms with Crippen LogP contribution in [0.15, 0.2) is 30.3 Å². The average molecular weight is 181 g/mol. The normalized spacial score (nSPS) is 10.4. The predicted octanol–water partition coefficient (Wildman–Crippen LogP) is 2.94. The summed E-state index contributed by atoms with van der Waals surface area (Å²) in [5.41, 5.74) is 1.06. The van der Waals surface area contributed by atoms with Crippen molar-refractivity contribution < 1.29 is 4.79 Å². The number of carbonyl (C=O) groups excluding carboxylic acids is 1. The molecule has 0 fully saturated rings. The van der Waals surface area contributed by atoms with Crippen LogP contribution in [0.4, 0.5) is 0 Å². The number of rotatable bonds is 3. The molecule has 2 heteroatoms. The van der Waals surface area contributed by atoms with Gasteiger partial charge in [0.15, 0.2) is 0 Å². The Morgan fingerprint density at radius 1 is 1.25 bits per heavy atom. The molecular formula is C10H9ClO. The standard InChI is InChI=1S/C10H9ClO/c11-10-6-4-9(5-7-10)3-1-2-8-12/h1,3-8H,2H2. The summed E-state index contributed by atoms with van der Waals surface area (Å²) in [7, 11) is 0. The summed E-state index contributed by atoms with van der Waals surface area (Å²) in [5, 5.41) is 0.725. The molecular weight excluding hydrogens is 172 g/mol. The molecule has 1 nitrogen and oxygen atoms in total. The van der Waals surface area contributed by atoms with Crippen LogP contribution in [-0.2, 0) is 4.79 Å². The van der Waals surface area contributed by atoms with Gasteiger partial charge in [-0.25, -0.2) is 0 Å². The first-order valence-electron chi connectivity index (χ1n) is 3.68. The zero-order chi connectivity index (χ0) is 8.81. The van der Waals surface area contributed by atoms with Crippen LogP contribution < -0.4 is 0 Å². The lowest BCUT2D eigenvalue weighted by atomic mass is 10.2. The fraction of sp³-hybridized carbons (Fsp3) is 0.100. The molecule has 0 spiro atoms. The Morgan fingerprint density at radius 3 is 2.50 bits per heavy atom. The van der Waals surface area contributed by atoms with Gasteiger partial charge in [0.2, 0.25) is 0 Å². The molecule has 0 bridgehead atoms. The highest BCUT2D eigenvalue weighted by Crippen LogP contribution is 2.10. The second-order valence-electron chi connectivity index (χ2n) is 2.36. The maximum atomic E-state index is 9.98. The van der Waals surface area contributed by atoms with E-state index in [4.69, 9.17) is 11.6 Å². The molecule has 1 aromatic carbocycles. The number of hydrogen-bond acceptors (Lipinski definition) is 1. The number of hydrogen-bond donors (Lipinski definition) is 0. The highest BCUT2D eigenvalue weighted by atomic mass is 35.5. The van der Waals surface area contributed by atoms with E-state index in [0.29, 0.717) is 6.42 Å². The largest absolute Gasteiger partial charge is 0.303 e. The van der Waals surface area contributed by atoms with Crippen molar-refractivity contribution >= 4 is 24.0 Å². The van der Waals surface area contributed by atoms with E-state index in [-0.39, 0.29) is 0 Å². The van der Waals surface area contributed by atoms with Crippen LogP contribution in [0.25, 0.3) is 6.08 Å². The van der Waals surface area contributed by atoms with Crippen LogP contribution in [0.2, 0.25) is 5.02 Å². The highest BCUT2D eigenvalue weighted by molar-refractivity contribution is 6.30. The first-order chi connectivity index (χ1) is 5.83. The van der Waals surface area contributed by atoms with Gasteiger partial charge in [-0.1, -0.05) is 35.9 Å². The van der Waals surface area contributed by atoms with E-state index in [1.807, 2.05) is 36.4 Å².